The summed E-state index contributed by atoms with van der Waals surface area (Å²) in [5.74, 6) is -0.135. The molecule has 2 aromatic rings. The van der Waals surface area contributed by atoms with Crippen LogP contribution in [0.4, 0.5) is 5.69 Å². The van der Waals surface area contributed by atoms with E-state index in [0.717, 1.165) is 11.1 Å². The predicted molar refractivity (Wildman–Crippen MR) is 76.3 cm³/mol. The highest BCUT2D eigenvalue weighted by molar-refractivity contribution is 5.95. The van der Waals surface area contributed by atoms with E-state index in [-0.39, 0.29) is 17.6 Å². The molecule has 19 heavy (non-hydrogen) atoms. The fraction of sp³-hybridized carbons (Fsp3) is 0.188. The number of anilines is 1. The van der Waals surface area contributed by atoms with Crippen LogP contribution in [0.3, 0.4) is 0 Å². The van der Waals surface area contributed by atoms with Crippen LogP contribution < -0.4 is 5.32 Å². The Labute approximate surface area is 112 Å². The molecule has 1 unspecified atom stereocenters. The van der Waals surface area contributed by atoms with Gasteiger partial charge in [0.25, 0.3) is 0 Å². The molecule has 1 amide bonds. The first kappa shape index (κ1) is 13.1. The summed E-state index contributed by atoms with van der Waals surface area (Å²) >= 11 is 0. The van der Waals surface area contributed by atoms with Gasteiger partial charge in [-0.25, -0.2) is 0 Å². The van der Waals surface area contributed by atoms with E-state index in [9.17, 15) is 9.90 Å². The molecule has 3 heteroatoms. The first-order chi connectivity index (χ1) is 9.08. The van der Waals surface area contributed by atoms with Gasteiger partial charge in [0.2, 0.25) is 5.91 Å². The smallest absolute Gasteiger partial charge is 0.231 e. The number of phenols is 1. The van der Waals surface area contributed by atoms with E-state index in [1.54, 1.807) is 18.2 Å². The maximum Gasteiger partial charge on any atom is 0.231 e. The lowest BCUT2D eigenvalue weighted by Gasteiger charge is -2.13. The van der Waals surface area contributed by atoms with Gasteiger partial charge in [0.15, 0.2) is 0 Å². The molecule has 0 aliphatic carbocycles. The van der Waals surface area contributed by atoms with Crippen LogP contribution >= 0.6 is 0 Å². The van der Waals surface area contributed by atoms with Gasteiger partial charge in [-0.3, -0.25) is 4.79 Å². The summed E-state index contributed by atoms with van der Waals surface area (Å²) in [6, 6.07) is 14.7. The third-order valence-electron chi connectivity index (χ3n) is 3.17. The van der Waals surface area contributed by atoms with Gasteiger partial charge >= 0.3 is 0 Å². The van der Waals surface area contributed by atoms with Crippen LogP contribution in [-0.4, -0.2) is 11.0 Å². The van der Waals surface area contributed by atoms with Crippen LogP contribution in [0.25, 0.3) is 0 Å². The Morgan fingerprint density at radius 1 is 1.16 bits per heavy atom. The summed E-state index contributed by atoms with van der Waals surface area (Å²) in [6.45, 7) is 3.67. The normalized spacial score (nSPS) is 11.9. The minimum atomic E-state index is -0.232. The van der Waals surface area contributed by atoms with E-state index >= 15 is 0 Å². The molecule has 0 bridgehead atoms. The zero-order chi connectivity index (χ0) is 13.8. The van der Waals surface area contributed by atoms with Crippen LogP contribution in [-0.2, 0) is 4.79 Å². The van der Waals surface area contributed by atoms with Crippen molar-refractivity contribution in [2.75, 3.05) is 5.32 Å². The lowest BCUT2D eigenvalue weighted by atomic mass is 10.0. The average Bonchev–Trinajstić information content (AvgIpc) is 2.43. The van der Waals surface area contributed by atoms with E-state index in [4.69, 9.17) is 0 Å². The lowest BCUT2D eigenvalue weighted by Crippen LogP contribution is -2.18. The van der Waals surface area contributed by atoms with Crippen molar-refractivity contribution in [1.82, 2.24) is 0 Å². The summed E-state index contributed by atoms with van der Waals surface area (Å²) in [7, 11) is 0. The number of benzene rings is 2. The minimum absolute atomic E-state index is 0.0885. The zero-order valence-corrected chi connectivity index (χ0v) is 11.1. The second kappa shape index (κ2) is 5.57. The Balaban J connectivity index is 2.10. The summed E-state index contributed by atoms with van der Waals surface area (Å²) in [6.07, 6.45) is 0. The molecule has 0 spiro atoms. The molecule has 0 radical (unpaired) electrons. The Morgan fingerprint density at radius 2 is 1.84 bits per heavy atom. The van der Waals surface area contributed by atoms with Crippen LogP contribution in [0.5, 0.6) is 5.75 Å². The zero-order valence-electron chi connectivity index (χ0n) is 11.1. The van der Waals surface area contributed by atoms with Crippen LogP contribution in [0.2, 0.25) is 0 Å². The maximum atomic E-state index is 12.1. The Kier molecular flexibility index (Phi) is 3.85. The number of phenolic OH excluding ortho intramolecular Hbond substituents is 1. The molecule has 2 rings (SSSR count). The van der Waals surface area contributed by atoms with Crippen molar-refractivity contribution in [3.63, 3.8) is 0 Å². The number of aromatic hydroxyl groups is 1. The number of rotatable bonds is 3. The van der Waals surface area contributed by atoms with Gasteiger partial charge in [0.1, 0.15) is 5.75 Å². The topological polar surface area (TPSA) is 49.3 Å². The molecule has 2 aromatic carbocycles. The lowest BCUT2D eigenvalue weighted by molar-refractivity contribution is -0.117. The summed E-state index contributed by atoms with van der Waals surface area (Å²) in [5.41, 5.74) is 2.36. The van der Waals surface area contributed by atoms with Crippen LogP contribution in [0, 0.1) is 6.92 Å². The van der Waals surface area contributed by atoms with Crippen LogP contribution in [0.15, 0.2) is 48.5 Å². The third-order valence-corrected chi connectivity index (χ3v) is 3.17. The molecular formula is C16H17NO2. The largest absolute Gasteiger partial charge is 0.508 e. The Hall–Kier alpha value is -2.29. The van der Waals surface area contributed by atoms with Crippen molar-refractivity contribution in [2.24, 2.45) is 0 Å². The first-order valence-corrected chi connectivity index (χ1v) is 6.23. The highest BCUT2D eigenvalue weighted by atomic mass is 16.3. The van der Waals surface area contributed by atoms with Gasteiger partial charge in [-0.2, -0.15) is 0 Å². The highest BCUT2D eigenvalue weighted by Gasteiger charge is 2.15. The molecule has 0 saturated carbocycles. The van der Waals surface area contributed by atoms with Crippen molar-refractivity contribution < 1.29 is 9.90 Å². The summed E-state index contributed by atoms with van der Waals surface area (Å²) in [4.78, 5) is 12.1. The molecule has 0 aliphatic heterocycles. The van der Waals surface area contributed by atoms with Crippen molar-refractivity contribution in [3.8, 4) is 5.75 Å². The van der Waals surface area contributed by atoms with Crippen molar-refractivity contribution in [1.29, 1.82) is 0 Å². The molecule has 2 N–H and O–H groups in total. The van der Waals surface area contributed by atoms with Gasteiger partial charge in [-0.15, -0.1) is 0 Å². The van der Waals surface area contributed by atoms with Crippen molar-refractivity contribution in [3.05, 3.63) is 59.7 Å². The predicted octanol–water partition coefficient (Wildman–Crippen LogP) is 3.44. The van der Waals surface area contributed by atoms with E-state index in [0.29, 0.717) is 5.69 Å². The van der Waals surface area contributed by atoms with E-state index in [2.05, 4.69) is 5.32 Å². The van der Waals surface area contributed by atoms with Gasteiger partial charge in [-0.1, -0.05) is 36.4 Å². The molecule has 0 fully saturated rings. The van der Waals surface area contributed by atoms with E-state index in [1.165, 1.54) is 0 Å². The fourth-order valence-electron chi connectivity index (χ4n) is 1.83. The molecule has 1 atom stereocenters. The quantitative estimate of drug-likeness (QED) is 0.882. The van der Waals surface area contributed by atoms with Crippen LogP contribution in [0.1, 0.15) is 24.0 Å². The van der Waals surface area contributed by atoms with Crippen molar-refractivity contribution >= 4 is 11.6 Å². The van der Waals surface area contributed by atoms with E-state index in [1.807, 2.05) is 44.2 Å². The standard InChI is InChI=1S/C16H17NO2/c1-11-8-9-14(10-15(11)18)17-16(19)12(2)13-6-4-3-5-7-13/h3-10,12,18H,1-2H3,(H,17,19). The molecule has 98 valence electrons. The first-order valence-electron chi connectivity index (χ1n) is 6.23. The Morgan fingerprint density at radius 3 is 2.47 bits per heavy atom. The number of hydrogen-bond acceptors (Lipinski definition) is 2. The third kappa shape index (κ3) is 3.13. The van der Waals surface area contributed by atoms with Gasteiger partial charge in [0, 0.05) is 11.8 Å². The number of aryl methyl sites for hydroxylation is 1. The molecule has 0 aliphatic rings. The number of carbonyl (C=O) groups excluding carboxylic acids is 1. The number of hydrogen-bond donors (Lipinski definition) is 2. The number of carbonyl (C=O) groups is 1. The average molecular weight is 255 g/mol. The fourth-order valence-corrected chi connectivity index (χ4v) is 1.83. The second-order valence-corrected chi connectivity index (χ2v) is 4.62. The van der Waals surface area contributed by atoms with Gasteiger partial charge < -0.3 is 10.4 Å². The second-order valence-electron chi connectivity index (χ2n) is 4.62. The summed E-state index contributed by atoms with van der Waals surface area (Å²) < 4.78 is 0. The molecule has 0 heterocycles. The molecular weight excluding hydrogens is 238 g/mol. The maximum absolute atomic E-state index is 12.1. The number of nitrogens with one attached hydrogen (secondary N) is 1. The highest BCUT2D eigenvalue weighted by Crippen LogP contribution is 2.22. The Bertz CT molecular complexity index is 579. The SMILES string of the molecule is Cc1ccc(NC(=O)C(C)c2ccccc2)cc1O. The van der Waals surface area contributed by atoms with E-state index < -0.39 is 0 Å². The molecule has 0 aromatic heterocycles. The molecule has 3 nitrogen and oxygen atoms in total. The van der Waals surface area contributed by atoms with Gasteiger partial charge in [0.05, 0.1) is 5.92 Å². The number of amides is 1. The minimum Gasteiger partial charge on any atom is -0.508 e. The molecule has 0 saturated heterocycles. The monoisotopic (exact) mass is 255 g/mol. The van der Waals surface area contributed by atoms with Gasteiger partial charge in [-0.05, 0) is 31.0 Å². The summed E-state index contributed by atoms with van der Waals surface area (Å²) in [5, 5.41) is 12.4. The van der Waals surface area contributed by atoms with Crippen molar-refractivity contribution in [2.45, 2.75) is 19.8 Å².